The van der Waals surface area contributed by atoms with E-state index in [1.54, 1.807) is 24.3 Å². The molecule has 3 aromatic carbocycles. The summed E-state index contributed by atoms with van der Waals surface area (Å²) in [5.41, 5.74) is 2.89. The molecule has 1 fully saturated rings. The van der Waals surface area contributed by atoms with Crippen LogP contribution in [-0.4, -0.2) is 29.2 Å². The third-order valence-electron chi connectivity index (χ3n) is 4.97. The lowest BCUT2D eigenvalue weighted by molar-refractivity contribution is -0.123. The molecule has 1 heterocycles. The van der Waals surface area contributed by atoms with Crippen LogP contribution in [0.2, 0.25) is 5.02 Å². The molecule has 1 aliphatic heterocycles. The van der Waals surface area contributed by atoms with Gasteiger partial charge < -0.3 is 9.47 Å². The molecule has 3 aromatic rings. The number of hydrogen-bond acceptors (Lipinski definition) is 5. The van der Waals surface area contributed by atoms with Crippen molar-refractivity contribution in [3.8, 4) is 11.5 Å². The highest BCUT2D eigenvalue weighted by molar-refractivity contribution is 8.18. The van der Waals surface area contributed by atoms with Gasteiger partial charge in [0.2, 0.25) is 0 Å². The predicted octanol–water partition coefficient (Wildman–Crippen LogP) is 6.34. The summed E-state index contributed by atoms with van der Waals surface area (Å²) in [4.78, 5) is 26.6. The summed E-state index contributed by atoms with van der Waals surface area (Å²) in [7, 11) is 0. The normalized spacial score (nSPS) is 14.7. The van der Waals surface area contributed by atoms with Gasteiger partial charge in [0.15, 0.2) is 0 Å². The average Bonchev–Trinajstić information content (AvgIpc) is 3.08. The van der Waals surface area contributed by atoms with Crippen LogP contribution >= 0.6 is 23.4 Å². The molecule has 1 aliphatic rings. The molecule has 0 bridgehead atoms. The Balaban J connectivity index is 1.36. The first-order chi connectivity index (χ1) is 16.0. The van der Waals surface area contributed by atoms with Crippen LogP contribution in [0.3, 0.4) is 0 Å². The number of amides is 2. The van der Waals surface area contributed by atoms with Gasteiger partial charge in [0.05, 0.1) is 16.5 Å². The van der Waals surface area contributed by atoms with E-state index in [1.807, 2.05) is 61.5 Å². The number of ether oxygens (including phenoxy) is 2. The highest BCUT2D eigenvalue weighted by Gasteiger charge is 2.34. The summed E-state index contributed by atoms with van der Waals surface area (Å²) in [5, 5.41) is 0.123. The summed E-state index contributed by atoms with van der Waals surface area (Å²) in [6.45, 7) is 2.81. The zero-order valence-electron chi connectivity index (χ0n) is 18.0. The van der Waals surface area contributed by atoms with Crippen LogP contribution in [0.25, 0.3) is 6.08 Å². The van der Waals surface area contributed by atoms with Crippen LogP contribution in [0.5, 0.6) is 11.5 Å². The van der Waals surface area contributed by atoms with Crippen LogP contribution in [-0.2, 0) is 11.4 Å². The number of imide groups is 1. The molecule has 0 atom stereocenters. The van der Waals surface area contributed by atoms with Gasteiger partial charge in [0.25, 0.3) is 11.1 Å². The number of thioether (sulfide) groups is 1. The Morgan fingerprint density at radius 2 is 1.73 bits per heavy atom. The second-order valence-electron chi connectivity index (χ2n) is 7.46. The van der Waals surface area contributed by atoms with E-state index in [1.165, 1.54) is 4.90 Å². The van der Waals surface area contributed by atoms with E-state index in [4.69, 9.17) is 21.1 Å². The van der Waals surface area contributed by atoms with Crippen molar-refractivity contribution in [3.63, 3.8) is 0 Å². The molecule has 0 aliphatic carbocycles. The van der Waals surface area contributed by atoms with E-state index in [9.17, 15) is 9.59 Å². The van der Waals surface area contributed by atoms with Crippen LogP contribution < -0.4 is 9.47 Å². The molecule has 0 unspecified atom stereocenters. The second-order valence-corrected chi connectivity index (χ2v) is 8.86. The molecule has 0 spiro atoms. The first kappa shape index (κ1) is 23.0. The van der Waals surface area contributed by atoms with Crippen LogP contribution in [0.15, 0.2) is 77.7 Å². The zero-order chi connectivity index (χ0) is 23.2. The quantitative estimate of drug-likeness (QED) is 0.353. The zero-order valence-corrected chi connectivity index (χ0v) is 19.6. The number of nitrogens with zero attached hydrogens (tertiary/aromatic N) is 1. The van der Waals surface area contributed by atoms with Gasteiger partial charge in [0, 0.05) is 0 Å². The summed E-state index contributed by atoms with van der Waals surface area (Å²) in [5.74, 6) is 0.921. The third-order valence-corrected chi connectivity index (χ3v) is 6.17. The number of hydrogen-bond donors (Lipinski definition) is 0. The highest BCUT2D eigenvalue weighted by Crippen LogP contribution is 2.34. The fraction of sp³-hybridized carbons (Fsp3) is 0.154. The maximum absolute atomic E-state index is 12.7. The molecule has 168 valence electrons. The van der Waals surface area contributed by atoms with E-state index < -0.39 is 0 Å². The average molecular weight is 480 g/mol. The fourth-order valence-corrected chi connectivity index (χ4v) is 4.30. The number of carbonyl (C=O) groups excluding carboxylic acids is 2. The Kier molecular flexibility index (Phi) is 7.37. The number of benzene rings is 3. The maximum Gasteiger partial charge on any atom is 0.293 e. The van der Waals surface area contributed by atoms with Crippen molar-refractivity contribution in [1.82, 2.24) is 4.90 Å². The van der Waals surface area contributed by atoms with Gasteiger partial charge in [-0.05, 0) is 60.2 Å². The molecular weight excluding hydrogens is 458 g/mol. The van der Waals surface area contributed by atoms with Crippen molar-refractivity contribution in [2.75, 3.05) is 13.2 Å². The minimum Gasteiger partial charge on any atom is -0.492 e. The van der Waals surface area contributed by atoms with Crippen LogP contribution in [0.4, 0.5) is 4.79 Å². The number of carbonyl (C=O) groups is 2. The Labute approximate surface area is 202 Å². The third kappa shape index (κ3) is 5.97. The molecular formula is C26H22ClNO4S. The number of aryl methyl sites for hydroxylation is 1. The Hall–Kier alpha value is -3.22. The summed E-state index contributed by atoms with van der Waals surface area (Å²) in [6, 6.07) is 22.7. The Bertz CT molecular complexity index is 1180. The van der Waals surface area contributed by atoms with Gasteiger partial charge in [-0.2, -0.15) is 0 Å². The Morgan fingerprint density at radius 1 is 0.970 bits per heavy atom. The van der Waals surface area contributed by atoms with Crippen molar-refractivity contribution in [2.24, 2.45) is 0 Å². The monoisotopic (exact) mass is 479 g/mol. The first-order valence-electron chi connectivity index (χ1n) is 10.4. The maximum atomic E-state index is 12.7. The molecule has 5 nitrogen and oxygen atoms in total. The van der Waals surface area contributed by atoms with Crippen molar-refractivity contribution in [3.05, 3.63) is 99.4 Å². The minimum absolute atomic E-state index is 0.183. The fourth-order valence-electron chi connectivity index (χ4n) is 3.19. The van der Waals surface area contributed by atoms with Crippen molar-refractivity contribution >= 4 is 40.6 Å². The second kappa shape index (κ2) is 10.6. The molecule has 2 amide bonds. The van der Waals surface area contributed by atoms with Crippen molar-refractivity contribution in [2.45, 2.75) is 13.5 Å². The van der Waals surface area contributed by atoms with Gasteiger partial charge in [-0.1, -0.05) is 65.7 Å². The summed E-state index contributed by atoms with van der Waals surface area (Å²) >= 11 is 7.28. The molecule has 33 heavy (non-hydrogen) atoms. The predicted molar refractivity (Wildman–Crippen MR) is 132 cm³/mol. The van der Waals surface area contributed by atoms with E-state index >= 15 is 0 Å². The van der Waals surface area contributed by atoms with E-state index in [-0.39, 0.29) is 24.3 Å². The van der Waals surface area contributed by atoms with Gasteiger partial charge in [-0.3, -0.25) is 14.5 Å². The Morgan fingerprint density at radius 3 is 2.45 bits per heavy atom. The lowest BCUT2D eigenvalue weighted by atomic mass is 10.2. The number of rotatable bonds is 8. The van der Waals surface area contributed by atoms with Gasteiger partial charge in [-0.15, -0.1) is 0 Å². The molecule has 0 N–H and O–H groups in total. The SMILES string of the molecule is Cc1ccc(OCCN2C(=O)S/C(=C\c3ccc(OCc4ccccc4)c(Cl)c3)C2=O)cc1. The topological polar surface area (TPSA) is 55.8 Å². The molecule has 0 aromatic heterocycles. The molecule has 0 saturated carbocycles. The van der Waals surface area contributed by atoms with Crippen molar-refractivity contribution in [1.29, 1.82) is 0 Å². The largest absolute Gasteiger partial charge is 0.492 e. The first-order valence-corrected chi connectivity index (χ1v) is 11.6. The van der Waals surface area contributed by atoms with E-state index in [2.05, 4.69) is 0 Å². The van der Waals surface area contributed by atoms with Gasteiger partial charge in [0.1, 0.15) is 24.7 Å². The standard InChI is InChI=1S/C26H22ClNO4S/c1-18-7-10-21(11-8-18)31-14-13-28-25(29)24(33-26(28)30)16-20-9-12-23(22(27)15-20)32-17-19-5-3-2-4-6-19/h2-12,15-16H,13-14,17H2,1H3/b24-16-. The molecule has 7 heteroatoms. The van der Waals surface area contributed by atoms with Crippen LogP contribution in [0.1, 0.15) is 16.7 Å². The summed E-state index contributed by atoms with van der Waals surface area (Å²) in [6.07, 6.45) is 1.67. The van der Waals surface area contributed by atoms with E-state index in [0.717, 1.165) is 22.9 Å². The summed E-state index contributed by atoms with van der Waals surface area (Å²) < 4.78 is 11.4. The highest BCUT2D eigenvalue weighted by atomic mass is 35.5. The number of halogens is 1. The van der Waals surface area contributed by atoms with Crippen LogP contribution in [0, 0.1) is 6.92 Å². The van der Waals surface area contributed by atoms with E-state index in [0.29, 0.717) is 33.6 Å². The molecule has 4 rings (SSSR count). The van der Waals surface area contributed by atoms with Crippen molar-refractivity contribution < 1.29 is 19.1 Å². The van der Waals surface area contributed by atoms with Gasteiger partial charge >= 0.3 is 0 Å². The van der Waals surface area contributed by atoms with Gasteiger partial charge in [-0.25, -0.2) is 0 Å². The molecule has 1 saturated heterocycles. The minimum atomic E-state index is -0.335. The molecule has 0 radical (unpaired) electrons. The lowest BCUT2D eigenvalue weighted by Crippen LogP contribution is -2.32. The lowest BCUT2D eigenvalue weighted by Gasteiger charge is -2.13. The smallest absolute Gasteiger partial charge is 0.293 e.